The predicted octanol–water partition coefficient (Wildman–Crippen LogP) is 2.61. The lowest BCUT2D eigenvalue weighted by Gasteiger charge is -2.47. The quantitative estimate of drug-likeness (QED) is 0.664. The molecule has 1 aromatic heterocycles. The van der Waals surface area contributed by atoms with Crippen LogP contribution in [-0.4, -0.2) is 40.9 Å². The molecule has 3 N–H and O–H groups in total. The molecule has 7 heteroatoms. The van der Waals surface area contributed by atoms with Crippen molar-refractivity contribution in [3.63, 3.8) is 0 Å². The summed E-state index contributed by atoms with van der Waals surface area (Å²) in [4.78, 5) is 37.4. The van der Waals surface area contributed by atoms with Crippen molar-refractivity contribution in [2.24, 2.45) is 0 Å². The Morgan fingerprint density at radius 2 is 1.84 bits per heavy atom. The predicted molar refractivity (Wildman–Crippen MR) is 118 cm³/mol. The Balaban J connectivity index is 1.43. The average molecular weight is 421 g/mol. The monoisotopic (exact) mass is 420 g/mol. The smallest absolute Gasteiger partial charge is 0.268 e. The van der Waals surface area contributed by atoms with Gasteiger partial charge in [0.1, 0.15) is 5.69 Å². The average Bonchev–Trinajstić information content (AvgIpc) is 3.14. The molecule has 3 amide bonds. The van der Waals surface area contributed by atoms with Gasteiger partial charge in [-0.25, -0.2) is 0 Å². The van der Waals surface area contributed by atoms with Crippen molar-refractivity contribution in [1.82, 2.24) is 20.5 Å². The van der Waals surface area contributed by atoms with Crippen molar-refractivity contribution in [1.29, 1.82) is 0 Å². The lowest BCUT2D eigenvalue weighted by Crippen LogP contribution is -2.55. The van der Waals surface area contributed by atoms with Gasteiger partial charge in [-0.3, -0.25) is 14.4 Å². The third kappa shape index (κ3) is 3.32. The highest BCUT2D eigenvalue weighted by Crippen LogP contribution is 2.44. The molecule has 31 heavy (non-hydrogen) atoms. The number of rotatable bonds is 4. The zero-order valence-corrected chi connectivity index (χ0v) is 17.6. The molecule has 2 aliphatic carbocycles. The normalized spacial score (nSPS) is 24.1. The summed E-state index contributed by atoms with van der Waals surface area (Å²) in [5.41, 5.74) is 2.13. The van der Waals surface area contributed by atoms with Gasteiger partial charge in [0.05, 0.1) is 11.1 Å². The first-order valence-corrected chi connectivity index (χ1v) is 11.2. The Morgan fingerprint density at radius 1 is 1.10 bits per heavy atom. The largest absolute Gasteiger partial charge is 0.348 e. The van der Waals surface area contributed by atoms with Crippen LogP contribution in [0.3, 0.4) is 0 Å². The number of hydrogen-bond donors (Lipinski definition) is 3. The number of aromatic nitrogens is 1. The minimum absolute atomic E-state index is 0.0530. The molecule has 2 heterocycles. The van der Waals surface area contributed by atoms with Crippen LogP contribution in [0.25, 0.3) is 10.9 Å². The van der Waals surface area contributed by atoms with Crippen molar-refractivity contribution in [2.45, 2.75) is 62.6 Å². The van der Waals surface area contributed by atoms with Gasteiger partial charge in [0.2, 0.25) is 5.91 Å². The summed E-state index contributed by atoms with van der Waals surface area (Å²) in [6.07, 6.45) is 8.21. The van der Waals surface area contributed by atoms with Crippen LogP contribution < -0.4 is 16.0 Å². The van der Waals surface area contributed by atoms with E-state index >= 15 is 0 Å². The van der Waals surface area contributed by atoms with E-state index in [1.165, 1.54) is 6.08 Å². The number of nitrogens with zero attached hydrogens (tertiary/aromatic N) is 1. The molecule has 2 atom stereocenters. The Hall–Kier alpha value is -3.09. The summed E-state index contributed by atoms with van der Waals surface area (Å²) in [7, 11) is 0. The molecule has 2 aromatic rings. The van der Waals surface area contributed by atoms with Gasteiger partial charge >= 0.3 is 0 Å². The van der Waals surface area contributed by atoms with Gasteiger partial charge in [-0.1, -0.05) is 25.5 Å². The fourth-order valence-corrected chi connectivity index (χ4v) is 5.39. The van der Waals surface area contributed by atoms with Gasteiger partial charge in [0, 0.05) is 29.6 Å². The lowest BCUT2D eigenvalue weighted by molar-refractivity contribution is -0.117. The second-order valence-electron chi connectivity index (χ2n) is 9.08. The van der Waals surface area contributed by atoms with Crippen LogP contribution in [-0.2, 0) is 10.3 Å². The van der Waals surface area contributed by atoms with E-state index < -0.39 is 0 Å². The topological polar surface area (TPSA) is 92.2 Å². The van der Waals surface area contributed by atoms with E-state index in [1.54, 1.807) is 0 Å². The number of benzene rings is 1. The number of nitrogens with one attached hydrogen (secondary N) is 3. The zero-order chi connectivity index (χ0) is 21.6. The Labute approximate surface area is 181 Å². The van der Waals surface area contributed by atoms with Gasteiger partial charge in [0.25, 0.3) is 11.8 Å². The fourth-order valence-electron chi connectivity index (χ4n) is 5.39. The number of carbonyl (C=O) groups is 3. The molecule has 162 valence electrons. The van der Waals surface area contributed by atoms with Crippen molar-refractivity contribution in [3.8, 4) is 0 Å². The summed E-state index contributed by atoms with van der Waals surface area (Å²) < 4.78 is 2.16. The third-order valence-electron chi connectivity index (χ3n) is 7.23. The van der Waals surface area contributed by atoms with Gasteiger partial charge in [-0.05, 0) is 56.4 Å². The van der Waals surface area contributed by atoms with Crippen molar-refractivity contribution in [2.75, 3.05) is 6.54 Å². The maximum atomic E-state index is 13.1. The first-order valence-electron chi connectivity index (χ1n) is 11.2. The van der Waals surface area contributed by atoms with Gasteiger partial charge in [0.15, 0.2) is 0 Å². The molecule has 0 saturated heterocycles. The molecule has 2 saturated carbocycles. The van der Waals surface area contributed by atoms with Crippen molar-refractivity contribution >= 4 is 28.6 Å². The molecule has 1 aliphatic heterocycles. The molecular weight excluding hydrogens is 392 g/mol. The second-order valence-corrected chi connectivity index (χ2v) is 9.08. The Bertz CT molecular complexity index is 1080. The van der Waals surface area contributed by atoms with E-state index in [9.17, 15) is 14.4 Å². The Morgan fingerprint density at radius 3 is 2.52 bits per heavy atom. The summed E-state index contributed by atoms with van der Waals surface area (Å²) in [6, 6.07) is 7.38. The minimum atomic E-state index is -0.212. The van der Waals surface area contributed by atoms with E-state index in [0.717, 1.165) is 55.8 Å². The summed E-state index contributed by atoms with van der Waals surface area (Å²) in [5.74, 6) is -0.413. The standard InChI is InChI=1S/C24H28N4O3/c1-2-21(29)26-17-6-3-4-7-18(17)27-22(30)16-9-8-15-12-20-23(31)25-14-24(10-5-11-24)28(20)19(15)13-16/h2,8-9,12-13,17-18H,1,3-7,10-11,14H2,(H,25,31)(H,26,29)(H,27,30)/t17-,18-/m1/s1. The van der Waals surface area contributed by atoms with Crippen LogP contribution in [0, 0.1) is 0 Å². The molecule has 0 unspecified atom stereocenters. The van der Waals surface area contributed by atoms with Crippen LogP contribution >= 0.6 is 0 Å². The Kier molecular flexibility index (Phi) is 4.84. The number of fused-ring (bicyclic) bond motifs is 4. The van der Waals surface area contributed by atoms with E-state index in [2.05, 4.69) is 27.1 Å². The molecule has 3 aliphatic rings. The van der Waals surface area contributed by atoms with Crippen molar-refractivity contribution < 1.29 is 14.4 Å². The first kappa shape index (κ1) is 19.8. The van der Waals surface area contributed by atoms with E-state index in [4.69, 9.17) is 0 Å². The minimum Gasteiger partial charge on any atom is -0.348 e. The molecule has 0 bridgehead atoms. The van der Waals surface area contributed by atoms with Gasteiger partial charge in [-0.15, -0.1) is 0 Å². The highest BCUT2D eigenvalue weighted by molar-refractivity contribution is 6.03. The third-order valence-corrected chi connectivity index (χ3v) is 7.23. The van der Waals surface area contributed by atoms with Crippen LogP contribution in [0.1, 0.15) is 65.8 Å². The maximum absolute atomic E-state index is 13.1. The second kappa shape index (κ2) is 7.55. The number of hydrogen-bond acceptors (Lipinski definition) is 3. The number of amides is 3. The molecule has 1 spiro atoms. The summed E-state index contributed by atoms with van der Waals surface area (Å²) >= 11 is 0. The van der Waals surface area contributed by atoms with Crippen LogP contribution in [0.5, 0.6) is 0 Å². The van der Waals surface area contributed by atoms with Crippen LogP contribution in [0.4, 0.5) is 0 Å². The summed E-state index contributed by atoms with van der Waals surface area (Å²) in [5, 5.41) is 10.1. The van der Waals surface area contributed by atoms with Gasteiger partial charge < -0.3 is 20.5 Å². The zero-order valence-electron chi connectivity index (χ0n) is 17.6. The fraction of sp³-hybridized carbons (Fsp3) is 0.458. The molecule has 5 rings (SSSR count). The lowest BCUT2D eigenvalue weighted by atomic mass is 9.75. The van der Waals surface area contributed by atoms with Crippen molar-refractivity contribution in [3.05, 3.63) is 48.2 Å². The molecule has 7 nitrogen and oxygen atoms in total. The van der Waals surface area contributed by atoms with Gasteiger partial charge in [-0.2, -0.15) is 0 Å². The highest BCUT2D eigenvalue weighted by atomic mass is 16.2. The summed E-state index contributed by atoms with van der Waals surface area (Å²) in [6.45, 7) is 4.16. The van der Waals surface area contributed by atoms with Crippen LogP contribution in [0.15, 0.2) is 36.9 Å². The number of carbonyl (C=O) groups excluding carboxylic acids is 3. The van der Waals surface area contributed by atoms with Crippen LogP contribution in [0.2, 0.25) is 0 Å². The molecule has 1 aromatic carbocycles. The molecule has 2 fully saturated rings. The van der Waals surface area contributed by atoms with E-state index in [-0.39, 0.29) is 35.3 Å². The van der Waals surface area contributed by atoms with E-state index in [1.807, 2.05) is 24.3 Å². The molecular formula is C24H28N4O3. The van der Waals surface area contributed by atoms with E-state index in [0.29, 0.717) is 17.8 Å². The SMILES string of the molecule is C=CC(=O)N[C@@H]1CCCC[C@H]1NC(=O)c1ccc2cc3n(c2c1)C1(CCC1)CNC3=O. The first-order chi connectivity index (χ1) is 15.0. The maximum Gasteiger partial charge on any atom is 0.268 e. The molecule has 0 radical (unpaired) electrons. The highest BCUT2D eigenvalue weighted by Gasteiger charge is 2.44.